The Kier molecular flexibility index (Phi) is 5.14. The summed E-state index contributed by atoms with van der Waals surface area (Å²) in [5.41, 5.74) is 9.10. The molecule has 0 bridgehead atoms. The van der Waals surface area contributed by atoms with Gasteiger partial charge in [-0.3, -0.25) is 4.98 Å². The van der Waals surface area contributed by atoms with Gasteiger partial charge in [0, 0.05) is 35.3 Å². The minimum Gasteiger partial charge on any atom is -0.476 e. The lowest BCUT2D eigenvalue weighted by atomic mass is 9.93. The number of nitrogens with two attached hydrogens (primary N) is 1. The van der Waals surface area contributed by atoms with Crippen molar-refractivity contribution in [1.82, 2.24) is 9.97 Å². The first-order valence-electron chi connectivity index (χ1n) is 7.66. The Balaban J connectivity index is 2.08. The van der Waals surface area contributed by atoms with Gasteiger partial charge in [0.05, 0.1) is 0 Å². The van der Waals surface area contributed by atoms with Gasteiger partial charge in [0.1, 0.15) is 6.61 Å². The van der Waals surface area contributed by atoms with Crippen molar-refractivity contribution >= 4 is 0 Å². The summed E-state index contributed by atoms with van der Waals surface area (Å²) in [4.78, 5) is 8.47. The second-order valence-electron chi connectivity index (χ2n) is 6.62. The van der Waals surface area contributed by atoms with Crippen LogP contribution in [-0.4, -0.2) is 22.1 Å². The molecule has 0 spiro atoms. The molecule has 2 aromatic rings. The molecule has 4 nitrogen and oxygen atoms in total. The van der Waals surface area contributed by atoms with E-state index in [1.165, 1.54) is 0 Å². The first kappa shape index (κ1) is 16.4. The van der Waals surface area contributed by atoms with E-state index >= 15 is 0 Å². The summed E-state index contributed by atoms with van der Waals surface area (Å²) in [5.74, 6) is 1.19. The Morgan fingerprint density at radius 1 is 1.23 bits per heavy atom. The fraction of sp³-hybridized carbons (Fsp3) is 0.444. The van der Waals surface area contributed by atoms with Crippen LogP contribution in [0.1, 0.15) is 32.8 Å². The number of hydrogen-bond donors (Lipinski definition) is 1. The van der Waals surface area contributed by atoms with Crippen LogP contribution in [0.2, 0.25) is 0 Å². The molecular weight excluding hydrogens is 274 g/mol. The van der Waals surface area contributed by atoms with Crippen LogP contribution in [-0.2, 0) is 0 Å². The van der Waals surface area contributed by atoms with Gasteiger partial charge in [-0.1, -0.05) is 13.8 Å². The van der Waals surface area contributed by atoms with Crippen LogP contribution < -0.4 is 10.5 Å². The van der Waals surface area contributed by atoms with Gasteiger partial charge >= 0.3 is 0 Å². The number of aromatic nitrogens is 2. The number of pyridine rings is 2. The lowest BCUT2D eigenvalue weighted by Crippen LogP contribution is -2.43. The lowest BCUT2D eigenvalue weighted by Gasteiger charge is -2.26. The molecule has 0 aliphatic carbocycles. The maximum Gasteiger partial charge on any atom is 0.216 e. The van der Waals surface area contributed by atoms with Crippen molar-refractivity contribution in [1.29, 1.82) is 0 Å². The van der Waals surface area contributed by atoms with Crippen LogP contribution in [0.3, 0.4) is 0 Å². The largest absolute Gasteiger partial charge is 0.476 e. The summed E-state index contributed by atoms with van der Waals surface area (Å²) in [7, 11) is 0. The van der Waals surface area contributed by atoms with E-state index in [-0.39, 0.29) is 5.54 Å². The van der Waals surface area contributed by atoms with E-state index in [9.17, 15) is 0 Å². The minimum atomic E-state index is -0.341. The average Bonchev–Trinajstić information content (AvgIpc) is 2.45. The summed E-state index contributed by atoms with van der Waals surface area (Å²) in [6, 6.07) is 6.01. The molecule has 0 amide bonds. The fourth-order valence-electron chi connectivity index (χ4n) is 2.64. The minimum absolute atomic E-state index is 0.341. The van der Waals surface area contributed by atoms with Crippen LogP contribution in [0.5, 0.6) is 5.88 Å². The summed E-state index contributed by atoms with van der Waals surface area (Å²) >= 11 is 0. The van der Waals surface area contributed by atoms with Gasteiger partial charge in [0.25, 0.3) is 0 Å². The van der Waals surface area contributed by atoms with E-state index in [0.717, 1.165) is 23.1 Å². The highest BCUT2D eigenvalue weighted by atomic mass is 16.5. The molecule has 0 radical (unpaired) electrons. The van der Waals surface area contributed by atoms with Gasteiger partial charge in [-0.25, -0.2) is 4.98 Å². The van der Waals surface area contributed by atoms with E-state index in [1.54, 1.807) is 12.4 Å². The number of ether oxygens (including phenoxy) is 1. The fourth-order valence-corrected chi connectivity index (χ4v) is 2.64. The Morgan fingerprint density at radius 2 is 1.91 bits per heavy atom. The summed E-state index contributed by atoms with van der Waals surface area (Å²) in [6.45, 7) is 8.82. The molecule has 2 heterocycles. The van der Waals surface area contributed by atoms with Crippen molar-refractivity contribution in [2.45, 2.75) is 39.7 Å². The van der Waals surface area contributed by atoms with Crippen molar-refractivity contribution in [3.8, 4) is 17.0 Å². The zero-order valence-electron chi connectivity index (χ0n) is 13.8. The summed E-state index contributed by atoms with van der Waals surface area (Å²) in [6.07, 6.45) is 6.30. The molecule has 1 unspecified atom stereocenters. The number of hydrogen-bond acceptors (Lipinski definition) is 4. The van der Waals surface area contributed by atoms with Crippen molar-refractivity contribution in [2.75, 3.05) is 6.61 Å². The molecule has 0 saturated heterocycles. The average molecular weight is 299 g/mol. The molecule has 1 atom stereocenters. The molecular formula is C18H25N3O. The Labute approximate surface area is 132 Å². The first-order chi connectivity index (χ1) is 10.4. The lowest BCUT2D eigenvalue weighted by molar-refractivity contribution is 0.199. The van der Waals surface area contributed by atoms with Crippen molar-refractivity contribution in [3.63, 3.8) is 0 Å². The third-order valence-electron chi connectivity index (χ3n) is 3.46. The number of nitrogens with zero attached hydrogens (tertiary/aromatic N) is 2. The third kappa shape index (κ3) is 4.53. The molecule has 118 valence electrons. The highest BCUT2D eigenvalue weighted by Gasteiger charge is 2.21. The molecule has 0 aliphatic heterocycles. The van der Waals surface area contributed by atoms with Gasteiger partial charge in [-0.05, 0) is 49.9 Å². The summed E-state index contributed by atoms with van der Waals surface area (Å²) in [5, 5.41) is 0. The van der Waals surface area contributed by atoms with Gasteiger partial charge in [-0.2, -0.15) is 0 Å². The topological polar surface area (TPSA) is 61.0 Å². The van der Waals surface area contributed by atoms with E-state index in [1.807, 2.05) is 32.2 Å². The highest BCUT2D eigenvalue weighted by molar-refractivity contribution is 5.63. The first-order valence-corrected chi connectivity index (χ1v) is 7.66. The zero-order valence-corrected chi connectivity index (χ0v) is 13.8. The van der Waals surface area contributed by atoms with Crippen molar-refractivity contribution < 1.29 is 4.74 Å². The molecule has 0 aliphatic rings. The molecule has 0 aromatic carbocycles. The van der Waals surface area contributed by atoms with Crippen LogP contribution in [0.25, 0.3) is 11.1 Å². The Morgan fingerprint density at radius 3 is 2.50 bits per heavy atom. The van der Waals surface area contributed by atoms with Gasteiger partial charge in [0.2, 0.25) is 5.88 Å². The number of aryl methyl sites for hydroxylation is 1. The second-order valence-corrected chi connectivity index (χ2v) is 6.62. The molecule has 2 rings (SSSR count). The molecule has 0 saturated carbocycles. The number of rotatable bonds is 6. The molecule has 2 aromatic heterocycles. The standard InChI is InChI=1S/C18H25N3O/c1-13(2)10-18(4,19)12-22-17-14(3)9-16(11-21-17)15-5-7-20-8-6-15/h5-9,11,13H,10,12,19H2,1-4H3. The van der Waals surface area contributed by atoms with E-state index in [2.05, 4.69) is 29.9 Å². The molecule has 0 fully saturated rings. The maximum absolute atomic E-state index is 6.28. The van der Waals surface area contributed by atoms with E-state index in [4.69, 9.17) is 10.5 Å². The molecule has 2 N–H and O–H groups in total. The van der Waals surface area contributed by atoms with E-state index < -0.39 is 0 Å². The van der Waals surface area contributed by atoms with Gasteiger partial charge in [-0.15, -0.1) is 0 Å². The van der Waals surface area contributed by atoms with Gasteiger partial charge in [0.15, 0.2) is 0 Å². The van der Waals surface area contributed by atoms with Crippen LogP contribution in [0.4, 0.5) is 0 Å². The SMILES string of the molecule is Cc1cc(-c2ccncc2)cnc1OCC(C)(N)CC(C)C. The quantitative estimate of drug-likeness (QED) is 0.885. The Bertz CT molecular complexity index is 609. The third-order valence-corrected chi connectivity index (χ3v) is 3.46. The van der Waals surface area contributed by atoms with Crippen molar-refractivity contribution in [3.05, 3.63) is 42.4 Å². The van der Waals surface area contributed by atoms with Crippen LogP contribution in [0, 0.1) is 12.8 Å². The predicted octanol–water partition coefficient (Wildman–Crippen LogP) is 3.59. The molecule has 4 heteroatoms. The smallest absolute Gasteiger partial charge is 0.216 e. The Hall–Kier alpha value is -1.94. The summed E-state index contributed by atoms with van der Waals surface area (Å²) < 4.78 is 5.84. The monoisotopic (exact) mass is 299 g/mol. The van der Waals surface area contributed by atoms with Crippen molar-refractivity contribution in [2.24, 2.45) is 11.7 Å². The highest BCUT2D eigenvalue weighted by Crippen LogP contribution is 2.24. The van der Waals surface area contributed by atoms with E-state index in [0.29, 0.717) is 18.4 Å². The second kappa shape index (κ2) is 6.88. The van der Waals surface area contributed by atoms with Crippen LogP contribution in [0.15, 0.2) is 36.8 Å². The molecule has 22 heavy (non-hydrogen) atoms. The van der Waals surface area contributed by atoms with Gasteiger partial charge < -0.3 is 10.5 Å². The normalized spacial score (nSPS) is 13.9. The zero-order chi connectivity index (χ0) is 16.2. The van der Waals surface area contributed by atoms with Crippen LogP contribution >= 0.6 is 0 Å². The predicted molar refractivity (Wildman–Crippen MR) is 89.7 cm³/mol. The maximum atomic E-state index is 6.28.